The second-order valence-corrected chi connectivity index (χ2v) is 8.32. The molecule has 0 spiro atoms. The molecular formula is C22H37N5. The van der Waals surface area contributed by atoms with E-state index in [0.29, 0.717) is 18.1 Å². The highest BCUT2D eigenvalue weighted by Crippen LogP contribution is 2.29. The van der Waals surface area contributed by atoms with E-state index < -0.39 is 0 Å². The van der Waals surface area contributed by atoms with Crippen LogP contribution in [-0.2, 0) is 6.54 Å². The number of unbranched alkanes of at least 4 members (excludes halogenated alkanes) is 2. The quantitative estimate of drug-likeness (QED) is 0.554. The van der Waals surface area contributed by atoms with Crippen molar-refractivity contribution in [3.05, 3.63) is 35.9 Å². The van der Waals surface area contributed by atoms with Crippen LogP contribution in [-0.4, -0.2) is 30.0 Å². The second-order valence-electron chi connectivity index (χ2n) is 8.32. The smallest absolute Gasteiger partial charge is 0.216 e. The standard InChI is InChI=1S/C22H37N5/c1-5-6-10-14-22(3,4)15-13-19(2)26-27-18-23-17-25-21(27)24-16-20-11-8-7-9-12-20/h7-9,11-12,18-19,26H,5-6,10,13-17H2,1-4H3,(H,24,25). The fourth-order valence-corrected chi connectivity index (χ4v) is 3.26. The Morgan fingerprint density at radius 2 is 1.93 bits per heavy atom. The van der Waals surface area contributed by atoms with E-state index >= 15 is 0 Å². The van der Waals surface area contributed by atoms with Crippen LogP contribution in [0.5, 0.6) is 0 Å². The van der Waals surface area contributed by atoms with Gasteiger partial charge < -0.3 is 5.32 Å². The molecule has 0 fully saturated rings. The van der Waals surface area contributed by atoms with Gasteiger partial charge in [-0.15, -0.1) is 0 Å². The summed E-state index contributed by atoms with van der Waals surface area (Å²) in [5.74, 6) is 0.836. The first-order chi connectivity index (χ1) is 13.0. The third-order valence-corrected chi connectivity index (χ3v) is 5.09. The molecule has 0 aliphatic carbocycles. The molecule has 1 atom stereocenters. The number of hydrazine groups is 1. The van der Waals surface area contributed by atoms with Crippen LogP contribution in [0, 0.1) is 5.41 Å². The molecule has 150 valence electrons. The zero-order valence-corrected chi connectivity index (χ0v) is 17.5. The van der Waals surface area contributed by atoms with E-state index in [1.807, 2.05) is 17.4 Å². The van der Waals surface area contributed by atoms with Crippen LogP contribution in [0.15, 0.2) is 40.3 Å². The average Bonchev–Trinajstić information content (AvgIpc) is 2.67. The van der Waals surface area contributed by atoms with Crippen molar-refractivity contribution in [2.45, 2.75) is 78.8 Å². The number of rotatable bonds is 11. The molecule has 1 heterocycles. The maximum absolute atomic E-state index is 4.51. The predicted molar refractivity (Wildman–Crippen MR) is 116 cm³/mol. The molecule has 2 N–H and O–H groups in total. The van der Waals surface area contributed by atoms with Gasteiger partial charge in [0.05, 0.1) is 0 Å². The van der Waals surface area contributed by atoms with Gasteiger partial charge >= 0.3 is 0 Å². The van der Waals surface area contributed by atoms with Crippen LogP contribution in [0.3, 0.4) is 0 Å². The van der Waals surface area contributed by atoms with E-state index in [1.54, 1.807) is 0 Å². The number of hydrogen-bond donors (Lipinski definition) is 2. The molecule has 1 unspecified atom stereocenters. The molecule has 1 aliphatic heterocycles. The van der Waals surface area contributed by atoms with Gasteiger partial charge in [-0.1, -0.05) is 70.4 Å². The maximum Gasteiger partial charge on any atom is 0.216 e. The lowest BCUT2D eigenvalue weighted by Gasteiger charge is -2.31. The Hall–Kier alpha value is -1.88. The molecule has 5 heteroatoms. The monoisotopic (exact) mass is 371 g/mol. The largest absolute Gasteiger partial charge is 0.351 e. The molecule has 0 saturated carbocycles. The minimum absolute atomic E-state index is 0.365. The lowest BCUT2D eigenvalue weighted by Crippen LogP contribution is -2.52. The highest BCUT2D eigenvalue weighted by Gasteiger charge is 2.20. The Balaban J connectivity index is 1.78. The first-order valence-corrected chi connectivity index (χ1v) is 10.4. The van der Waals surface area contributed by atoms with Gasteiger partial charge in [0.15, 0.2) is 0 Å². The van der Waals surface area contributed by atoms with Crippen molar-refractivity contribution in [3.63, 3.8) is 0 Å². The zero-order valence-electron chi connectivity index (χ0n) is 17.5. The highest BCUT2D eigenvalue weighted by atomic mass is 15.6. The van der Waals surface area contributed by atoms with Crippen LogP contribution in [0.1, 0.15) is 71.8 Å². The molecule has 2 rings (SSSR count). The van der Waals surface area contributed by atoms with E-state index in [4.69, 9.17) is 0 Å². The summed E-state index contributed by atoms with van der Waals surface area (Å²) in [7, 11) is 0. The van der Waals surface area contributed by atoms with Crippen molar-refractivity contribution < 1.29 is 0 Å². The molecule has 0 radical (unpaired) electrons. The van der Waals surface area contributed by atoms with E-state index in [2.05, 4.69) is 72.7 Å². The van der Waals surface area contributed by atoms with Crippen LogP contribution < -0.4 is 10.7 Å². The van der Waals surface area contributed by atoms with Gasteiger partial charge in [0.25, 0.3) is 0 Å². The van der Waals surface area contributed by atoms with Crippen LogP contribution in [0.25, 0.3) is 0 Å². The van der Waals surface area contributed by atoms with Crippen molar-refractivity contribution in [2.24, 2.45) is 15.4 Å². The van der Waals surface area contributed by atoms with Gasteiger partial charge in [-0.05, 0) is 37.2 Å². The van der Waals surface area contributed by atoms with Crippen molar-refractivity contribution in [2.75, 3.05) is 6.67 Å². The second kappa shape index (κ2) is 11.1. The summed E-state index contributed by atoms with van der Waals surface area (Å²) >= 11 is 0. The first kappa shape index (κ1) is 21.4. The molecule has 5 nitrogen and oxygen atoms in total. The molecule has 1 aliphatic rings. The van der Waals surface area contributed by atoms with Crippen molar-refractivity contribution >= 4 is 12.3 Å². The van der Waals surface area contributed by atoms with Gasteiger partial charge in [0.1, 0.15) is 13.0 Å². The molecule has 0 bridgehead atoms. The molecule has 1 aromatic rings. The van der Waals surface area contributed by atoms with Gasteiger partial charge in [-0.2, -0.15) is 0 Å². The van der Waals surface area contributed by atoms with Gasteiger partial charge in [0, 0.05) is 12.6 Å². The molecule has 1 aromatic carbocycles. The number of hydrogen-bond acceptors (Lipinski definition) is 5. The Bertz CT molecular complexity index is 594. The lowest BCUT2D eigenvalue weighted by atomic mass is 9.81. The van der Waals surface area contributed by atoms with Crippen LogP contribution >= 0.6 is 0 Å². The SMILES string of the molecule is CCCCCC(C)(C)CCC(C)NN1C=NCN=C1NCc1ccccc1. The van der Waals surface area contributed by atoms with Crippen molar-refractivity contribution in [1.82, 2.24) is 15.8 Å². The molecule has 27 heavy (non-hydrogen) atoms. The topological polar surface area (TPSA) is 52.0 Å². The van der Waals surface area contributed by atoms with E-state index in [-0.39, 0.29) is 0 Å². The number of aliphatic imine (C=N–C) groups is 2. The fraction of sp³-hybridized carbons (Fsp3) is 0.636. The normalized spacial score (nSPS) is 15.6. The Morgan fingerprint density at radius 1 is 1.15 bits per heavy atom. The minimum Gasteiger partial charge on any atom is -0.351 e. The van der Waals surface area contributed by atoms with Gasteiger partial charge in [-0.3, -0.25) is 4.99 Å². The summed E-state index contributed by atoms with van der Waals surface area (Å²) in [5.41, 5.74) is 5.18. The Labute approximate surface area is 165 Å². The average molecular weight is 372 g/mol. The first-order valence-electron chi connectivity index (χ1n) is 10.4. The summed E-state index contributed by atoms with van der Waals surface area (Å²) in [4.78, 5) is 8.80. The zero-order chi connectivity index (χ0) is 19.5. The third kappa shape index (κ3) is 8.12. The molecule has 0 amide bonds. The number of nitrogens with zero attached hydrogens (tertiary/aromatic N) is 3. The Kier molecular flexibility index (Phi) is 8.79. The molecule has 0 saturated heterocycles. The summed E-state index contributed by atoms with van der Waals surface area (Å²) in [6.07, 6.45) is 9.47. The van der Waals surface area contributed by atoms with Gasteiger partial charge in [0.2, 0.25) is 5.96 Å². The maximum atomic E-state index is 4.51. The number of nitrogens with one attached hydrogen (secondary N) is 2. The fourth-order valence-electron chi connectivity index (χ4n) is 3.26. The van der Waals surface area contributed by atoms with Crippen molar-refractivity contribution in [3.8, 4) is 0 Å². The summed E-state index contributed by atoms with van der Waals surface area (Å²) < 4.78 is 0. The van der Waals surface area contributed by atoms with Crippen LogP contribution in [0.2, 0.25) is 0 Å². The third-order valence-electron chi connectivity index (χ3n) is 5.09. The predicted octanol–water partition coefficient (Wildman–Crippen LogP) is 4.71. The molecule has 0 aromatic heterocycles. The number of benzene rings is 1. The summed E-state index contributed by atoms with van der Waals surface area (Å²) in [5, 5.41) is 5.35. The van der Waals surface area contributed by atoms with E-state index in [1.165, 1.54) is 37.7 Å². The molecular weight excluding hydrogens is 334 g/mol. The van der Waals surface area contributed by atoms with Gasteiger partial charge in [-0.25, -0.2) is 15.4 Å². The lowest BCUT2D eigenvalue weighted by molar-refractivity contribution is 0.255. The van der Waals surface area contributed by atoms with E-state index in [9.17, 15) is 0 Å². The highest BCUT2D eigenvalue weighted by molar-refractivity contribution is 5.90. The Morgan fingerprint density at radius 3 is 2.67 bits per heavy atom. The number of guanidine groups is 1. The summed E-state index contributed by atoms with van der Waals surface area (Å²) in [6.45, 7) is 10.5. The van der Waals surface area contributed by atoms with E-state index in [0.717, 1.165) is 18.9 Å². The summed E-state index contributed by atoms with van der Waals surface area (Å²) in [6, 6.07) is 10.7. The minimum atomic E-state index is 0.365. The van der Waals surface area contributed by atoms with Crippen LogP contribution in [0.4, 0.5) is 0 Å². The van der Waals surface area contributed by atoms with Crippen molar-refractivity contribution in [1.29, 1.82) is 0 Å².